The zero-order chi connectivity index (χ0) is 19.3. The van der Waals surface area contributed by atoms with E-state index in [1.165, 1.54) is 12.1 Å². The number of nitrogens with one attached hydrogen (secondary N) is 2. The van der Waals surface area contributed by atoms with Crippen molar-refractivity contribution in [1.29, 1.82) is 0 Å². The van der Waals surface area contributed by atoms with E-state index in [0.29, 0.717) is 26.0 Å². The van der Waals surface area contributed by atoms with E-state index in [1.807, 2.05) is 18.2 Å². The number of aromatic nitrogens is 1. The second kappa shape index (κ2) is 8.40. The van der Waals surface area contributed by atoms with Gasteiger partial charge in [-0.3, -0.25) is 4.79 Å². The molecule has 0 saturated carbocycles. The van der Waals surface area contributed by atoms with Crippen LogP contribution in [0.5, 0.6) is 0 Å². The van der Waals surface area contributed by atoms with Gasteiger partial charge in [-0.15, -0.1) is 0 Å². The summed E-state index contributed by atoms with van der Waals surface area (Å²) in [5.41, 5.74) is 5.08. The molecule has 0 aliphatic carbocycles. The Morgan fingerprint density at radius 1 is 1.14 bits per heavy atom. The minimum Gasteiger partial charge on any atom is -0.377 e. The molecule has 0 radical (unpaired) electrons. The van der Waals surface area contributed by atoms with Gasteiger partial charge >= 0.3 is 0 Å². The average Bonchev–Trinajstić information content (AvgIpc) is 3.10. The van der Waals surface area contributed by atoms with Crippen molar-refractivity contribution < 1.29 is 13.9 Å². The number of aryl methyl sites for hydroxylation is 1. The van der Waals surface area contributed by atoms with Crippen LogP contribution in [0.3, 0.4) is 0 Å². The normalized spacial score (nSPS) is 14.1. The largest absolute Gasteiger partial charge is 0.377 e. The lowest BCUT2D eigenvalue weighted by Gasteiger charge is -2.14. The molecule has 0 fully saturated rings. The maximum absolute atomic E-state index is 13.3. The van der Waals surface area contributed by atoms with Crippen LogP contribution in [0.15, 0.2) is 60.2 Å². The smallest absolute Gasteiger partial charge is 0.220 e. The van der Waals surface area contributed by atoms with Crippen LogP contribution >= 0.6 is 0 Å². The topological polar surface area (TPSA) is 54.1 Å². The fourth-order valence-electron chi connectivity index (χ4n) is 3.59. The van der Waals surface area contributed by atoms with Gasteiger partial charge in [-0.1, -0.05) is 24.3 Å². The molecule has 1 aliphatic rings. The molecule has 1 amide bonds. The van der Waals surface area contributed by atoms with Crippen LogP contribution in [0.4, 0.5) is 4.39 Å². The zero-order valence-electron chi connectivity index (χ0n) is 15.6. The molecule has 5 heteroatoms. The number of carbonyl (C=O) groups is 1. The van der Waals surface area contributed by atoms with Gasteiger partial charge in [0.15, 0.2) is 0 Å². The van der Waals surface area contributed by atoms with Crippen LogP contribution < -0.4 is 5.32 Å². The molecule has 0 bridgehead atoms. The molecule has 0 atom stereocenters. The lowest BCUT2D eigenvalue weighted by molar-refractivity contribution is -0.120. The molecule has 0 spiro atoms. The summed E-state index contributed by atoms with van der Waals surface area (Å²) in [5, 5.41) is 4.08. The highest BCUT2D eigenvalue weighted by Crippen LogP contribution is 2.31. The van der Waals surface area contributed by atoms with Gasteiger partial charge < -0.3 is 15.0 Å². The van der Waals surface area contributed by atoms with Gasteiger partial charge in [0.25, 0.3) is 0 Å². The van der Waals surface area contributed by atoms with Gasteiger partial charge in [-0.25, -0.2) is 4.39 Å². The first kappa shape index (κ1) is 18.4. The van der Waals surface area contributed by atoms with Crippen LogP contribution in [0.25, 0.3) is 22.2 Å². The molecule has 144 valence electrons. The molecule has 0 saturated heterocycles. The van der Waals surface area contributed by atoms with Crippen LogP contribution in [0.2, 0.25) is 0 Å². The molecule has 2 aromatic carbocycles. The van der Waals surface area contributed by atoms with Crippen molar-refractivity contribution in [2.24, 2.45) is 0 Å². The minimum absolute atomic E-state index is 0.0156. The highest BCUT2D eigenvalue weighted by Gasteiger charge is 2.15. The second-order valence-electron chi connectivity index (χ2n) is 7.01. The Labute approximate surface area is 163 Å². The van der Waals surface area contributed by atoms with Crippen LogP contribution in [0.1, 0.15) is 18.4 Å². The van der Waals surface area contributed by atoms with Crippen LogP contribution in [0, 0.1) is 5.82 Å². The van der Waals surface area contributed by atoms with Crippen molar-refractivity contribution in [3.05, 3.63) is 71.6 Å². The third-order valence-corrected chi connectivity index (χ3v) is 5.04. The van der Waals surface area contributed by atoms with Gasteiger partial charge in [-0.2, -0.15) is 0 Å². The van der Waals surface area contributed by atoms with E-state index in [0.717, 1.165) is 46.3 Å². The number of hydrogen-bond donors (Lipinski definition) is 2. The van der Waals surface area contributed by atoms with Crippen molar-refractivity contribution in [2.75, 3.05) is 19.8 Å². The quantitative estimate of drug-likeness (QED) is 0.626. The van der Waals surface area contributed by atoms with E-state index < -0.39 is 0 Å². The average molecular weight is 378 g/mol. The van der Waals surface area contributed by atoms with Crippen molar-refractivity contribution in [3.63, 3.8) is 0 Å². The lowest BCUT2D eigenvalue weighted by Crippen LogP contribution is -2.28. The standard InChI is InChI=1S/C23H23FN2O2/c24-18-9-7-17(8-10-18)23-20(19-5-1-2-6-21(19)26-23)11-12-22(27)25-14-16-4-3-13-28-15-16/h1-2,4-10,26H,3,11-15H2,(H,25,27). The summed E-state index contributed by atoms with van der Waals surface area (Å²) in [7, 11) is 0. The van der Waals surface area contributed by atoms with E-state index in [1.54, 1.807) is 12.1 Å². The number of fused-ring (bicyclic) bond motifs is 1. The molecule has 2 heterocycles. The number of ether oxygens (including phenoxy) is 1. The summed E-state index contributed by atoms with van der Waals surface area (Å²) in [6, 6.07) is 14.5. The molecule has 2 N–H and O–H groups in total. The maximum atomic E-state index is 13.3. The summed E-state index contributed by atoms with van der Waals surface area (Å²) < 4.78 is 18.7. The number of hydrogen-bond acceptors (Lipinski definition) is 2. The first-order valence-corrected chi connectivity index (χ1v) is 9.58. The number of rotatable bonds is 6. The zero-order valence-corrected chi connectivity index (χ0v) is 15.6. The van der Waals surface area contributed by atoms with Gasteiger partial charge in [0, 0.05) is 29.6 Å². The van der Waals surface area contributed by atoms with Gasteiger partial charge in [-0.05, 0) is 59.9 Å². The van der Waals surface area contributed by atoms with Crippen molar-refractivity contribution >= 4 is 16.8 Å². The molecule has 4 rings (SSSR count). The summed E-state index contributed by atoms with van der Waals surface area (Å²) in [6.07, 6.45) is 4.04. The minimum atomic E-state index is -0.262. The third-order valence-electron chi connectivity index (χ3n) is 5.04. The number of aromatic amines is 1. The number of carbonyl (C=O) groups excluding carboxylic acids is 1. The van der Waals surface area contributed by atoms with E-state index in [2.05, 4.69) is 22.4 Å². The monoisotopic (exact) mass is 378 g/mol. The van der Waals surface area contributed by atoms with Crippen molar-refractivity contribution in [1.82, 2.24) is 10.3 Å². The van der Waals surface area contributed by atoms with E-state index >= 15 is 0 Å². The molecule has 1 aliphatic heterocycles. The van der Waals surface area contributed by atoms with Crippen LogP contribution in [-0.4, -0.2) is 30.6 Å². The Kier molecular flexibility index (Phi) is 5.53. The van der Waals surface area contributed by atoms with Crippen molar-refractivity contribution in [2.45, 2.75) is 19.3 Å². The fourth-order valence-corrected chi connectivity index (χ4v) is 3.59. The Morgan fingerprint density at radius 3 is 2.75 bits per heavy atom. The number of benzene rings is 2. The first-order valence-electron chi connectivity index (χ1n) is 9.58. The second-order valence-corrected chi connectivity index (χ2v) is 7.01. The lowest BCUT2D eigenvalue weighted by atomic mass is 10.0. The molecular formula is C23H23FN2O2. The van der Waals surface area contributed by atoms with E-state index in [-0.39, 0.29) is 11.7 Å². The molecule has 3 aromatic rings. The summed E-state index contributed by atoms with van der Waals surface area (Å²) in [5.74, 6) is -0.247. The van der Waals surface area contributed by atoms with Crippen LogP contribution in [-0.2, 0) is 16.0 Å². The molecule has 1 aromatic heterocycles. The first-order chi connectivity index (χ1) is 13.7. The summed E-state index contributed by atoms with van der Waals surface area (Å²) in [4.78, 5) is 15.8. The fraction of sp³-hybridized carbons (Fsp3) is 0.261. The number of halogens is 1. The SMILES string of the molecule is O=C(CCc1c(-c2ccc(F)cc2)[nH]c2ccccc12)NCC1=CCCOC1. The number of H-pyrrole nitrogens is 1. The predicted molar refractivity (Wildman–Crippen MR) is 109 cm³/mol. The molecule has 4 nitrogen and oxygen atoms in total. The number of amides is 1. The van der Waals surface area contributed by atoms with Crippen molar-refractivity contribution in [3.8, 4) is 11.3 Å². The highest BCUT2D eigenvalue weighted by molar-refractivity contribution is 5.91. The predicted octanol–water partition coefficient (Wildman–Crippen LogP) is 4.37. The summed E-state index contributed by atoms with van der Waals surface area (Å²) in [6.45, 7) is 1.89. The molecule has 28 heavy (non-hydrogen) atoms. The highest BCUT2D eigenvalue weighted by atomic mass is 19.1. The summed E-state index contributed by atoms with van der Waals surface area (Å²) >= 11 is 0. The van der Waals surface area contributed by atoms with Gasteiger partial charge in [0.2, 0.25) is 5.91 Å². The maximum Gasteiger partial charge on any atom is 0.220 e. The molecule has 0 unspecified atom stereocenters. The Balaban J connectivity index is 1.50. The molecular weight excluding hydrogens is 355 g/mol. The third kappa shape index (κ3) is 4.15. The number of para-hydroxylation sites is 1. The van der Waals surface area contributed by atoms with E-state index in [9.17, 15) is 9.18 Å². The Morgan fingerprint density at radius 2 is 1.96 bits per heavy atom. The Bertz CT molecular complexity index is 1010. The Hall–Kier alpha value is -2.92. The van der Waals surface area contributed by atoms with Gasteiger partial charge in [0.1, 0.15) is 5.82 Å². The van der Waals surface area contributed by atoms with Gasteiger partial charge in [0.05, 0.1) is 13.2 Å². The van der Waals surface area contributed by atoms with E-state index in [4.69, 9.17) is 4.74 Å².